The SMILES string of the molecule is CN(C)c1ccc(C(c2ccc(OCCCC(=O)NCCNC(=O)CCC(=O)O)cc2)c2ccc(N(C)C)cc2)cc1. The Hall–Kier alpha value is -4.53. The fourth-order valence-corrected chi connectivity index (χ4v) is 4.49. The molecule has 0 radical (unpaired) electrons. The Balaban J connectivity index is 1.53. The van der Waals surface area contributed by atoms with Crippen molar-refractivity contribution in [3.05, 3.63) is 89.5 Å². The molecule has 0 aromatic heterocycles. The summed E-state index contributed by atoms with van der Waals surface area (Å²) in [4.78, 5) is 38.2. The summed E-state index contributed by atoms with van der Waals surface area (Å²) in [6.07, 6.45) is 0.573. The number of anilines is 2. The quantitative estimate of drug-likeness (QED) is 0.173. The highest BCUT2D eigenvalue weighted by atomic mass is 16.5. The number of amides is 2. The number of rotatable bonds is 16. The van der Waals surface area contributed by atoms with Crippen LogP contribution in [0.15, 0.2) is 72.8 Å². The molecule has 0 heterocycles. The maximum absolute atomic E-state index is 12.1. The largest absolute Gasteiger partial charge is 0.494 e. The fourth-order valence-electron chi connectivity index (χ4n) is 4.49. The van der Waals surface area contributed by atoms with Crippen molar-refractivity contribution in [2.24, 2.45) is 0 Å². The Morgan fingerprint density at radius 2 is 1.10 bits per heavy atom. The summed E-state index contributed by atoms with van der Waals surface area (Å²) in [5.74, 6) is -0.679. The molecule has 0 spiro atoms. The van der Waals surface area contributed by atoms with Gasteiger partial charge in [0.1, 0.15) is 5.75 Å². The summed E-state index contributed by atoms with van der Waals surface area (Å²) in [7, 11) is 8.14. The molecule has 3 rings (SSSR count). The highest BCUT2D eigenvalue weighted by Gasteiger charge is 2.18. The molecular formula is C33H42N4O5. The monoisotopic (exact) mass is 574 g/mol. The molecular weight excluding hydrogens is 532 g/mol. The van der Waals surface area contributed by atoms with Gasteiger partial charge in [-0.1, -0.05) is 36.4 Å². The molecule has 2 amide bonds. The van der Waals surface area contributed by atoms with Gasteiger partial charge in [-0.3, -0.25) is 14.4 Å². The standard InChI is InChI=1S/C33H42N4O5/c1-36(2)27-13-7-24(8-14-27)33(25-9-15-28(16-10-25)37(3)4)26-11-17-29(18-12-26)42-23-5-6-30(38)34-21-22-35-31(39)19-20-32(40)41/h7-18,33H,5-6,19-23H2,1-4H3,(H,34,38)(H,35,39)(H,40,41). The van der Waals surface area contributed by atoms with E-state index in [2.05, 4.69) is 81.1 Å². The Kier molecular flexibility index (Phi) is 12.2. The molecule has 0 unspecified atom stereocenters. The predicted octanol–water partition coefficient (Wildman–Crippen LogP) is 4.26. The van der Waals surface area contributed by atoms with Crippen LogP contribution in [-0.2, 0) is 14.4 Å². The molecule has 9 heteroatoms. The first kappa shape index (κ1) is 32.0. The van der Waals surface area contributed by atoms with E-state index in [-0.39, 0.29) is 43.7 Å². The normalized spacial score (nSPS) is 10.7. The van der Waals surface area contributed by atoms with Crippen LogP contribution in [0.2, 0.25) is 0 Å². The minimum Gasteiger partial charge on any atom is -0.494 e. The van der Waals surface area contributed by atoms with Crippen LogP contribution in [0.4, 0.5) is 11.4 Å². The van der Waals surface area contributed by atoms with Crippen LogP contribution in [-0.4, -0.2) is 70.8 Å². The Morgan fingerprint density at radius 1 is 0.667 bits per heavy atom. The molecule has 224 valence electrons. The second-order valence-electron chi connectivity index (χ2n) is 10.5. The van der Waals surface area contributed by atoms with E-state index in [4.69, 9.17) is 9.84 Å². The molecule has 0 aliphatic rings. The molecule has 0 saturated heterocycles. The second-order valence-corrected chi connectivity index (χ2v) is 10.5. The molecule has 0 fully saturated rings. The van der Waals surface area contributed by atoms with Gasteiger partial charge in [0.25, 0.3) is 0 Å². The molecule has 42 heavy (non-hydrogen) atoms. The van der Waals surface area contributed by atoms with Crippen LogP contribution in [0.5, 0.6) is 5.75 Å². The van der Waals surface area contributed by atoms with Gasteiger partial charge in [-0.05, 0) is 59.5 Å². The summed E-state index contributed by atoms with van der Waals surface area (Å²) in [5, 5.41) is 13.9. The van der Waals surface area contributed by atoms with Crippen LogP contribution in [0.1, 0.15) is 48.3 Å². The lowest BCUT2D eigenvalue weighted by atomic mass is 9.85. The van der Waals surface area contributed by atoms with E-state index in [1.165, 1.54) is 11.1 Å². The highest BCUT2D eigenvalue weighted by Crippen LogP contribution is 2.34. The van der Waals surface area contributed by atoms with Crippen LogP contribution >= 0.6 is 0 Å². The number of aliphatic carboxylic acids is 1. The smallest absolute Gasteiger partial charge is 0.303 e. The number of ether oxygens (including phenoxy) is 1. The van der Waals surface area contributed by atoms with Crippen LogP contribution in [0.3, 0.4) is 0 Å². The molecule has 0 aliphatic heterocycles. The van der Waals surface area contributed by atoms with Crippen molar-refractivity contribution < 1.29 is 24.2 Å². The van der Waals surface area contributed by atoms with Crippen molar-refractivity contribution in [3.63, 3.8) is 0 Å². The molecule has 0 atom stereocenters. The average Bonchev–Trinajstić information content (AvgIpc) is 2.98. The number of hydrogen-bond donors (Lipinski definition) is 3. The van der Waals surface area contributed by atoms with E-state index >= 15 is 0 Å². The third kappa shape index (κ3) is 10.1. The Labute approximate surface area is 248 Å². The lowest BCUT2D eigenvalue weighted by molar-refractivity contribution is -0.138. The van der Waals surface area contributed by atoms with Gasteiger partial charge in [-0.2, -0.15) is 0 Å². The highest BCUT2D eigenvalue weighted by molar-refractivity contribution is 5.80. The van der Waals surface area contributed by atoms with Gasteiger partial charge >= 0.3 is 5.97 Å². The van der Waals surface area contributed by atoms with E-state index in [0.29, 0.717) is 19.4 Å². The van der Waals surface area contributed by atoms with Gasteiger partial charge in [-0.25, -0.2) is 0 Å². The van der Waals surface area contributed by atoms with Gasteiger partial charge < -0.3 is 30.3 Å². The Bertz CT molecular complexity index is 1240. The molecule has 3 aromatic carbocycles. The third-order valence-corrected chi connectivity index (χ3v) is 6.85. The number of carbonyl (C=O) groups is 3. The first-order chi connectivity index (χ1) is 20.1. The van der Waals surface area contributed by atoms with Crippen molar-refractivity contribution in [2.75, 3.05) is 57.7 Å². The molecule has 0 aliphatic carbocycles. The van der Waals surface area contributed by atoms with Gasteiger partial charge in [-0.15, -0.1) is 0 Å². The lowest BCUT2D eigenvalue weighted by Crippen LogP contribution is -2.34. The number of nitrogens with one attached hydrogen (secondary N) is 2. The van der Waals surface area contributed by atoms with Gasteiger partial charge in [0, 0.05) is 71.4 Å². The maximum atomic E-state index is 12.1. The van der Waals surface area contributed by atoms with Crippen LogP contribution in [0.25, 0.3) is 0 Å². The van der Waals surface area contributed by atoms with Gasteiger partial charge in [0.2, 0.25) is 11.8 Å². The van der Waals surface area contributed by atoms with Crippen molar-refractivity contribution >= 4 is 29.2 Å². The van der Waals surface area contributed by atoms with E-state index in [0.717, 1.165) is 22.7 Å². The van der Waals surface area contributed by atoms with E-state index in [1.54, 1.807) is 0 Å². The number of carboxylic acids is 1. The zero-order chi connectivity index (χ0) is 30.5. The summed E-state index contributed by atoms with van der Waals surface area (Å²) in [5.41, 5.74) is 5.87. The summed E-state index contributed by atoms with van der Waals surface area (Å²) in [6.45, 7) is 0.949. The van der Waals surface area contributed by atoms with Crippen molar-refractivity contribution in [3.8, 4) is 5.75 Å². The minimum atomic E-state index is -1.02. The minimum absolute atomic E-state index is 0.0668. The number of benzene rings is 3. The van der Waals surface area contributed by atoms with Crippen molar-refractivity contribution in [1.82, 2.24) is 10.6 Å². The number of nitrogens with zero attached hydrogens (tertiary/aromatic N) is 2. The zero-order valence-corrected chi connectivity index (χ0v) is 24.9. The fraction of sp³-hybridized carbons (Fsp3) is 0.364. The topological polar surface area (TPSA) is 111 Å². The maximum Gasteiger partial charge on any atom is 0.303 e. The van der Waals surface area contributed by atoms with E-state index in [9.17, 15) is 14.4 Å². The number of carbonyl (C=O) groups excluding carboxylic acids is 2. The molecule has 3 N–H and O–H groups in total. The van der Waals surface area contributed by atoms with Crippen molar-refractivity contribution in [1.29, 1.82) is 0 Å². The van der Waals surface area contributed by atoms with Crippen LogP contribution in [0, 0.1) is 0 Å². The van der Waals surface area contributed by atoms with E-state index < -0.39 is 5.97 Å². The molecule has 9 nitrogen and oxygen atoms in total. The average molecular weight is 575 g/mol. The summed E-state index contributed by atoms with van der Waals surface area (Å²) < 4.78 is 5.89. The predicted molar refractivity (Wildman–Crippen MR) is 167 cm³/mol. The number of carboxylic acid groups (broad SMARTS) is 1. The first-order valence-electron chi connectivity index (χ1n) is 14.2. The second kappa shape index (κ2) is 16.0. The Morgan fingerprint density at radius 3 is 1.52 bits per heavy atom. The lowest BCUT2D eigenvalue weighted by Gasteiger charge is -2.22. The summed E-state index contributed by atoms with van der Waals surface area (Å²) in [6, 6.07) is 25.4. The van der Waals surface area contributed by atoms with Gasteiger partial charge in [0.15, 0.2) is 0 Å². The number of hydrogen-bond acceptors (Lipinski definition) is 6. The first-order valence-corrected chi connectivity index (χ1v) is 14.2. The van der Waals surface area contributed by atoms with E-state index in [1.807, 2.05) is 40.3 Å². The third-order valence-electron chi connectivity index (χ3n) is 6.85. The van der Waals surface area contributed by atoms with Crippen LogP contribution < -0.4 is 25.2 Å². The van der Waals surface area contributed by atoms with Crippen molar-refractivity contribution in [2.45, 2.75) is 31.6 Å². The van der Waals surface area contributed by atoms with Gasteiger partial charge in [0.05, 0.1) is 13.0 Å². The zero-order valence-electron chi connectivity index (χ0n) is 24.9. The molecule has 0 bridgehead atoms. The molecule has 0 saturated carbocycles. The molecule has 3 aromatic rings. The summed E-state index contributed by atoms with van der Waals surface area (Å²) >= 11 is 0.